The topological polar surface area (TPSA) is 74.2 Å². The Kier molecular flexibility index (Phi) is 5.37. The number of hydrogen-bond donors (Lipinski definition) is 1. The maximum absolute atomic E-state index is 12.8. The van der Waals surface area contributed by atoms with E-state index in [1.807, 2.05) is 50.2 Å². The fraction of sp³-hybridized carbons (Fsp3) is 0.273. The fourth-order valence-corrected chi connectivity index (χ4v) is 3.55. The third-order valence-corrected chi connectivity index (χ3v) is 5.18. The maximum Gasteiger partial charge on any atom is 0.274 e. The van der Waals surface area contributed by atoms with Crippen LogP contribution in [0, 0.1) is 13.8 Å². The molecule has 1 aliphatic rings. The second kappa shape index (κ2) is 8.26. The number of benzene rings is 1. The van der Waals surface area contributed by atoms with Crippen LogP contribution in [-0.2, 0) is 0 Å². The van der Waals surface area contributed by atoms with Crippen molar-refractivity contribution in [2.75, 3.05) is 41.3 Å². The molecule has 0 saturated carbocycles. The molecule has 7 nitrogen and oxygen atoms in total. The molecule has 1 aromatic carbocycles. The highest BCUT2D eigenvalue weighted by molar-refractivity contribution is 6.04. The number of pyridine rings is 1. The minimum Gasteiger partial charge on any atom is -0.368 e. The number of para-hydroxylation sites is 1. The number of anilines is 3. The van der Waals surface area contributed by atoms with Crippen LogP contribution in [0.4, 0.5) is 17.3 Å². The highest BCUT2D eigenvalue weighted by Crippen LogP contribution is 2.22. The Morgan fingerprint density at radius 2 is 1.52 bits per heavy atom. The van der Waals surface area contributed by atoms with Gasteiger partial charge in [0, 0.05) is 56.1 Å². The first-order chi connectivity index (χ1) is 14.1. The molecule has 1 saturated heterocycles. The molecular formula is C22H24N6O. The monoisotopic (exact) mass is 388 g/mol. The lowest BCUT2D eigenvalue weighted by atomic mass is 10.1. The van der Waals surface area contributed by atoms with Crippen molar-refractivity contribution >= 4 is 23.2 Å². The van der Waals surface area contributed by atoms with Crippen LogP contribution < -0.4 is 15.1 Å². The van der Waals surface area contributed by atoms with Crippen molar-refractivity contribution in [3.8, 4) is 0 Å². The van der Waals surface area contributed by atoms with E-state index in [9.17, 15) is 4.79 Å². The molecule has 29 heavy (non-hydrogen) atoms. The van der Waals surface area contributed by atoms with Gasteiger partial charge in [0.2, 0.25) is 5.95 Å². The first-order valence-electron chi connectivity index (χ1n) is 9.72. The van der Waals surface area contributed by atoms with Crippen molar-refractivity contribution in [1.82, 2.24) is 15.0 Å². The number of hydrogen-bond acceptors (Lipinski definition) is 6. The summed E-state index contributed by atoms with van der Waals surface area (Å²) in [5.41, 5.74) is 4.34. The molecular weight excluding hydrogens is 364 g/mol. The second-order valence-electron chi connectivity index (χ2n) is 7.14. The van der Waals surface area contributed by atoms with E-state index in [0.29, 0.717) is 5.69 Å². The number of carbonyl (C=O) groups excluding carboxylic acids is 1. The number of aryl methyl sites for hydroxylation is 2. The number of piperazine rings is 1. The Labute approximate surface area is 170 Å². The van der Waals surface area contributed by atoms with Gasteiger partial charge in [-0.3, -0.25) is 9.78 Å². The van der Waals surface area contributed by atoms with Gasteiger partial charge in [-0.05, 0) is 43.2 Å². The predicted octanol–water partition coefficient (Wildman–Crippen LogP) is 3.07. The van der Waals surface area contributed by atoms with E-state index in [1.54, 1.807) is 18.6 Å². The first-order valence-corrected chi connectivity index (χ1v) is 9.72. The van der Waals surface area contributed by atoms with Gasteiger partial charge in [0.15, 0.2) is 0 Å². The van der Waals surface area contributed by atoms with Crippen molar-refractivity contribution in [1.29, 1.82) is 0 Å². The average Bonchev–Trinajstić information content (AvgIpc) is 2.77. The zero-order valence-corrected chi connectivity index (χ0v) is 16.7. The molecule has 7 heteroatoms. The predicted molar refractivity (Wildman–Crippen MR) is 115 cm³/mol. The molecule has 148 valence electrons. The van der Waals surface area contributed by atoms with Crippen molar-refractivity contribution in [3.05, 3.63) is 71.8 Å². The number of carbonyl (C=O) groups is 1. The van der Waals surface area contributed by atoms with Gasteiger partial charge < -0.3 is 15.1 Å². The van der Waals surface area contributed by atoms with E-state index < -0.39 is 0 Å². The molecule has 0 unspecified atom stereocenters. The fourth-order valence-electron chi connectivity index (χ4n) is 3.55. The highest BCUT2D eigenvalue weighted by Gasteiger charge is 2.20. The number of nitrogens with one attached hydrogen (secondary N) is 1. The summed E-state index contributed by atoms with van der Waals surface area (Å²) in [6.07, 6.45) is 5.22. The van der Waals surface area contributed by atoms with Crippen LogP contribution in [0.1, 0.15) is 21.6 Å². The normalized spacial score (nSPS) is 14.0. The summed E-state index contributed by atoms with van der Waals surface area (Å²) < 4.78 is 0. The molecule has 1 fully saturated rings. The summed E-state index contributed by atoms with van der Waals surface area (Å²) in [6, 6.07) is 11.6. The Hall–Kier alpha value is -3.48. The highest BCUT2D eigenvalue weighted by atomic mass is 16.1. The van der Waals surface area contributed by atoms with Gasteiger partial charge in [0.25, 0.3) is 5.91 Å². The SMILES string of the molecule is Cc1cccc(C)c1NC(=O)c1cc(N2CCN(c3ncccn3)CC2)ccn1. The largest absolute Gasteiger partial charge is 0.368 e. The Morgan fingerprint density at radius 3 is 2.21 bits per heavy atom. The second-order valence-corrected chi connectivity index (χ2v) is 7.14. The molecule has 3 aromatic rings. The van der Waals surface area contributed by atoms with Crippen LogP contribution in [0.2, 0.25) is 0 Å². The van der Waals surface area contributed by atoms with Crippen LogP contribution in [0.25, 0.3) is 0 Å². The van der Waals surface area contributed by atoms with Gasteiger partial charge in [0.05, 0.1) is 0 Å². The molecule has 4 rings (SSSR count). The van der Waals surface area contributed by atoms with Gasteiger partial charge in [-0.25, -0.2) is 9.97 Å². The molecule has 1 amide bonds. The third kappa shape index (κ3) is 4.18. The van der Waals surface area contributed by atoms with Crippen LogP contribution in [0.3, 0.4) is 0 Å². The van der Waals surface area contributed by atoms with Gasteiger partial charge >= 0.3 is 0 Å². The minimum atomic E-state index is -0.194. The molecule has 0 radical (unpaired) electrons. The average molecular weight is 388 g/mol. The van der Waals surface area contributed by atoms with Gasteiger partial charge in [-0.15, -0.1) is 0 Å². The molecule has 3 heterocycles. The molecule has 0 aliphatic carbocycles. The van der Waals surface area contributed by atoms with Crippen molar-refractivity contribution in [3.63, 3.8) is 0 Å². The number of amides is 1. The Bertz CT molecular complexity index is 979. The number of rotatable bonds is 4. The number of nitrogens with zero attached hydrogens (tertiary/aromatic N) is 5. The minimum absolute atomic E-state index is 0.194. The van der Waals surface area contributed by atoms with Crippen LogP contribution in [-0.4, -0.2) is 47.0 Å². The van der Waals surface area contributed by atoms with Crippen LogP contribution in [0.15, 0.2) is 55.0 Å². The van der Waals surface area contributed by atoms with Crippen LogP contribution in [0.5, 0.6) is 0 Å². The lowest BCUT2D eigenvalue weighted by Crippen LogP contribution is -2.47. The summed E-state index contributed by atoms with van der Waals surface area (Å²) in [4.78, 5) is 30.1. The standard InChI is InChI=1S/C22H24N6O/c1-16-5-3-6-17(2)20(16)26-21(29)19-15-18(7-10-23-19)27-11-13-28(14-12-27)22-24-8-4-9-25-22/h3-10,15H,11-14H2,1-2H3,(H,26,29). The van der Waals surface area contributed by atoms with E-state index in [0.717, 1.165) is 54.6 Å². The smallest absolute Gasteiger partial charge is 0.274 e. The molecule has 0 atom stereocenters. The zero-order valence-electron chi connectivity index (χ0n) is 16.7. The summed E-state index contributed by atoms with van der Waals surface area (Å²) >= 11 is 0. The molecule has 2 aromatic heterocycles. The quantitative estimate of drug-likeness (QED) is 0.740. The maximum atomic E-state index is 12.8. The Morgan fingerprint density at radius 1 is 0.862 bits per heavy atom. The molecule has 0 bridgehead atoms. The van der Waals surface area contributed by atoms with E-state index in [2.05, 4.69) is 30.1 Å². The van der Waals surface area contributed by atoms with Crippen molar-refractivity contribution in [2.24, 2.45) is 0 Å². The molecule has 0 spiro atoms. The van der Waals surface area contributed by atoms with E-state index >= 15 is 0 Å². The third-order valence-electron chi connectivity index (χ3n) is 5.18. The van der Waals surface area contributed by atoms with Crippen LogP contribution >= 0.6 is 0 Å². The summed E-state index contributed by atoms with van der Waals surface area (Å²) in [7, 11) is 0. The lowest BCUT2D eigenvalue weighted by Gasteiger charge is -2.36. The van der Waals surface area contributed by atoms with E-state index in [1.165, 1.54) is 0 Å². The summed E-state index contributed by atoms with van der Waals surface area (Å²) in [5, 5.41) is 3.01. The number of aromatic nitrogens is 3. The van der Waals surface area contributed by atoms with Crippen molar-refractivity contribution in [2.45, 2.75) is 13.8 Å². The van der Waals surface area contributed by atoms with E-state index in [-0.39, 0.29) is 5.91 Å². The van der Waals surface area contributed by atoms with E-state index in [4.69, 9.17) is 0 Å². The first kappa shape index (κ1) is 18.9. The summed E-state index contributed by atoms with van der Waals surface area (Å²) in [6.45, 7) is 7.30. The summed E-state index contributed by atoms with van der Waals surface area (Å²) in [5.74, 6) is 0.566. The molecule has 1 N–H and O–H groups in total. The van der Waals surface area contributed by atoms with Gasteiger partial charge in [-0.1, -0.05) is 18.2 Å². The lowest BCUT2D eigenvalue weighted by molar-refractivity contribution is 0.102. The Balaban J connectivity index is 1.44. The molecule has 1 aliphatic heterocycles. The van der Waals surface area contributed by atoms with Gasteiger partial charge in [-0.2, -0.15) is 0 Å². The zero-order chi connectivity index (χ0) is 20.2. The van der Waals surface area contributed by atoms with Crippen molar-refractivity contribution < 1.29 is 4.79 Å². The van der Waals surface area contributed by atoms with Gasteiger partial charge in [0.1, 0.15) is 5.69 Å².